The lowest BCUT2D eigenvalue weighted by Gasteiger charge is -2.36. The second-order valence-electron chi connectivity index (χ2n) is 7.44. The second kappa shape index (κ2) is 9.58. The number of aryl methyl sites for hydroxylation is 1. The van der Waals surface area contributed by atoms with Gasteiger partial charge in [-0.25, -0.2) is 0 Å². The second-order valence-corrected chi connectivity index (χ2v) is 7.44. The normalized spacial score (nSPS) is 18.9. The van der Waals surface area contributed by atoms with Crippen molar-refractivity contribution in [2.24, 2.45) is 5.73 Å². The highest BCUT2D eigenvalue weighted by Crippen LogP contribution is 2.18. The first-order chi connectivity index (χ1) is 13.6. The number of piperazine rings is 2. The largest absolute Gasteiger partial charge is 0.373 e. The van der Waals surface area contributed by atoms with Crippen LogP contribution in [0.2, 0.25) is 0 Å². The fourth-order valence-corrected chi connectivity index (χ4v) is 3.78. The van der Waals surface area contributed by atoms with Crippen LogP contribution in [-0.2, 0) is 4.79 Å². The zero-order chi connectivity index (χ0) is 19.9. The van der Waals surface area contributed by atoms with E-state index in [0.717, 1.165) is 45.8 Å². The Hall–Kier alpha value is -2.56. The molecule has 1 aromatic rings. The first-order valence-corrected chi connectivity index (χ1v) is 10.00. The summed E-state index contributed by atoms with van der Waals surface area (Å²) in [5.74, 6) is -0.156. The van der Waals surface area contributed by atoms with Gasteiger partial charge in [-0.2, -0.15) is 5.26 Å². The maximum Gasteiger partial charge on any atom is 0.266 e. The molecule has 7 nitrogen and oxygen atoms in total. The van der Waals surface area contributed by atoms with Gasteiger partial charge in [-0.3, -0.25) is 9.69 Å². The zero-order valence-corrected chi connectivity index (χ0v) is 16.7. The molecule has 2 N–H and O–H groups in total. The number of benzene rings is 1. The summed E-state index contributed by atoms with van der Waals surface area (Å²) in [7, 11) is 0. The molecule has 3 rings (SSSR count). The summed E-state index contributed by atoms with van der Waals surface area (Å²) in [4.78, 5) is 21.2. The van der Waals surface area contributed by atoms with E-state index in [9.17, 15) is 10.1 Å². The smallest absolute Gasteiger partial charge is 0.266 e. The van der Waals surface area contributed by atoms with Crippen LogP contribution in [0, 0.1) is 18.3 Å². The number of anilines is 1. The molecule has 0 atom stereocenters. The molecule has 2 saturated heterocycles. The summed E-state index contributed by atoms with van der Waals surface area (Å²) >= 11 is 0. The van der Waals surface area contributed by atoms with Crippen molar-refractivity contribution < 1.29 is 4.79 Å². The highest BCUT2D eigenvalue weighted by molar-refractivity contribution is 5.97. The van der Waals surface area contributed by atoms with E-state index in [-0.39, 0.29) is 11.5 Å². The summed E-state index contributed by atoms with van der Waals surface area (Å²) < 4.78 is 0. The summed E-state index contributed by atoms with van der Waals surface area (Å²) in [6.07, 6.45) is 1.75. The van der Waals surface area contributed by atoms with E-state index in [4.69, 9.17) is 5.73 Å². The van der Waals surface area contributed by atoms with Crippen LogP contribution in [-0.4, -0.2) is 86.1 Å². The summed E-state index contributed by atoms with van der Waals surface area (Å²) in [5.41, 5.74) is 8.32. The van der Waals surface area contributed by atoms with Crippen molar-refractivity contribution in [1.82, 2.24) is 14.7 Å². The summed E-state index contributed by atoms with van der Waals surface area (Å²) in [6, 6.07) is 10.6. The third-order valence-corrected chi connectivity index (χ3v) is 5.45. The average molecular weight is 383 g/mol. The zero-order valence-electron chi connectivity index (χ0n) is 16.7. The fourth-order valence-electron chi connectivity index (χ4n) is 3.78. The Labute approximate surface area is 167 Å². The van der Waals surface area contributed by atoms with Gasteiger partial charge in [0.25, 0.3) is 5.91 Å². The predicted molar refractivity (Wildman–Crippen MR) is 111 cm³/mol. The molecule has 0 saturated carbocycles. The molecule has 0 unspecified atom stereocenters. The lowest BCUT2D eigenvalue weighted by molar-refractivity contribution is -0.128. The first kappa shape index (κ1) is 20.2. The number of rotatable bonds is 5. The van der Waals surface area contributed by atoms with E-state index in [1.165, 1.54) is 11.3 Å². The molecule has 0 aromatic heterocycles. The lowest BCUT2D eigenvalue weighted by atomic mass is 10.2. The molecule has 2 heterocycles. The fraction of sp³-hybridized carbons (Fsp3) is 0.524. The molecule has 0 aliphatic carbocycles. The van der Waals surface area contributed by atoms with Crippen LogP contribution < -0.4 is 10.6 Å². The van der Waals surface area contributed by atoms with Gasteiger partial charge in [-0.1, -0.05) is 12.1 Å². The minimum atomic E-state index is -0.156. The van der Waals surface area contributed by atoms with Gasteiger partial charge < -0.3 is 20.4 Å². The molecule has 1 aromatic carbocycles. The van der Waals surface area contributed by atoms with E-state index in [1.54, 1.807) is 11.1 Å². The third kappa shape index (κ3) is 5.03. The SMILES string of the molecule is Cc1cccc(N2CCN(/C=C(/C#N)C(=O)N3CCN(CCN)CC3)CC2)c1. The van der Waals surface area contributed by atoms with Crippen LogP contribution in [0.4, 0.5) is 5.69 Å². The average Bonchev–Trinajstić information content (AvgIpc) is 2.73. The Balaban J connectivity index is 1.55. The van der Waals surface area contributed by atoms with Crippen LogP contribution >= 0.6 is 0 Å². The molecule has 7 heteroatoms. The number of amides is 1. The third-order valence-electron chi connectivity index (χ3n) is 5.45. The highest BCUT2D eigenvalue weighted by atomic mass is 16.2. The molecule has 2 aliphatic rings. The van der Waals surface area contributed by atoms with Crippen molar-refractivity contribution in [3.8, 4) is 6.07 Å². The molecule has 150 valence electrons. The quantitative estimate of drug-likeness (QED) is 0.594. The number of nitrogens with zero attached hydrogens (tertiary/aromatic N) is 5. The molecular weight excluding hydrogens is 352 g/mol. The Kier molecular flexibility index (Phi) is 6.90. The highest BCUT2D eigenvalue weighted by Gasteiger charge is 2.24. The van der Waals surface area contributed by atoms with Gasteiger partial charge in [0.1, 0.15) is 11.6 Å². The van der Waals surface area contributed by atoms with E-state index < -0.39 is 0 Å². The van der Waals surface area contributed by atoms with Gasteiger partial charge in [0, 0.05) is 77.3 Å². The molecule has 0 spiro atoms. The topological polar surface area (TPSA) is 79.8 Å². The molecule has 2 aliphatic heterocycles. The lowest BCUT2D eigenvalue weighted by Crippen LogP contribution is -2.50. The molecule has 0 bridgehead atoms. The van der Waals surface area contributed by atoms with Crippen molar-refractivity contribution in [3.05, 3.63) is 41.6 Å². The Morgan fingerprint density at radius 2 is 1.86 bits per heavy atom. The minimum Gasteiger partial charge on any atom is -0.373 e. The number of hydrogen-bond donors (Lipinski definition) is 1. The number of hydrogen-bond acceptors (Lipinski definition) is 6. The van der Waals surface area contributed by atoms with E-state index >= 15 is 0 Å². The predicted octanol–water partition coefficient (Wildman–Crippen LogP) is 0.627. The van der Waals surface area contributed by atoms with Crippen LogP contribution in [0.5, 0.6) is 0 Å². The number of carbonyl (C=O) groups excluding carboxylic acids is 1. The standard InChI is InChI=1S/C21H30N6O/c1-18-3-2-4-20(15-18)26-11-9-25(10-12-26)17-19(16-23)21(28)27-13-7-24(6-5-22)8-14-27/h2-4,15,17H,5-14,22H2,1H3/b19-17-. The number of nitriles is 1. The van der Waals surface area contributed by atoms with Crippen molar-refractivity contribution >= 4 is 11.6 Å². The van der Waals surface area contributed by atoms with Crippen LogP contribution in [0.3, 0.4) is 0 Å². The molecule has 2 fully saturated rings. The monoisotopic (exact) mass is 382 g/mol. The Morgan fingerprint density at radius 3 is 2.46 bits per heavy atom. The molecule has 0 radical (unpaired) electrons. The van der Waals surface area contributed by atoms with Crippen LogP contribution in [0.15, 0.2) is 36.0 Å². The van der Waals surface area contributed by atoms with E-state index in [0.29, 0.717) is 19.6 Å². The van der Waals surface area contributed by atoms with Gasteiger partial charge in [0.15, 0.2) is 0 Å². The van der Waals surface area contributed by atoms with Crippen molar-refractivity contribution in [2.45, 2.75) is 6.92 Å². The van der Waals surface area contributed by atoms with Crippen molar-refractivity contribution in [1.29, 1.82) is 5.26 Å². The Morgan fingerprint density at radius 1 is 1.14 bits per heavy atom. The van der Waals surface area contributed by atoms with Gasteiger partial charge in [0.05, 0.1) is 0 Å². The van der Waals surface area contributed by atoms with Crippen molar-refractivity contribution in [3.63, 3.8) is 0 Å². The molecule has 1 amide bonds. The number of carbonyl (C=O) groups is 1. The summed E-state index contributed by atoms with van der Waals surface area (Å²) in [5, 5.41) is 9.52. The molecule has 28 heavy (non-hydrogen) atoms. The minimum absolute atomic E-state index is 0.156. The van der Waals surface area contributed by atoms with Crippen LogP contribution in [0.1, 0.15) is 5.56 Å². The van der Waals surface area contributed by atoms with E-state index in [2.05, 4.69) is 52.0 Å². The van der Waals surface area contributed by atoms with Gasteiger partial charge in [-0.15, -0.1) is 0 Å². The van der Waals surface area contributed by atoms with Gasteiger partial charge in [0.2, 0.25) is 0 Å². The maximum absolute atomic E-state index is 12.7. The van der Waals surface area contributed by atoms with Crippen LogP contribution in [0.25, 0.3) is 0 Å². The van der Waals surface area contributed by atoms with E-state index in [1.807, 2.05) is 0 Å². The maximum atomic E-state index is 12.7. The molecular formula is C21H30N6O. The van der Waals surface area contributed by atoms with Gasteiger partial charge in [-0.05, 0) is 24.6 Å². The number of nitrogens with two attached hydrogens (primary N) is 1. The van der Waals surface area contributed by atoms with Gasteiger partial charge >= 0.3 is 0 Å². The first-order valence-electron chi connectivity index (χ1n) is 10.00. The Bertz CT molecular complexity index is 740. The summed E-state index contributed by atoms with van der Waals surface area (Å²) in [6.45, 7) is 9.89. The van der Waals surface area contributed by atoms with Crippen molar-refractivity contribution in [2.75, 3.05) is 70.3 Å².